The van der Waals surface area contributed by atoms with Gasteiger partial charge in [-0.05, 0) is 0 Å². The Morgan fingerprint density at radius 2 is 1.80 bits per heavy atom. The van der Waals surface area contributed by atoms with Gasteiger partial charge in [-0.25, -0.2) is 4.31 Å². The molecule has 84 valence electrons. The van der Waals surface area contributed by atoms with E-state index in [1.165, 1.54) is 6.92 Å². The number of carboxylic acids is 1. The molecule has 1 N–H and O–H groups in total. The van der Waals surface area contributed by atoms with E-state index in [-0.39, 0.29) is 12.8 Å². The molecule has 1 heterocycles. The Morgan fingerprint density at radius 1 is 1.33 bits per heavy atom. The number of carbonyl (C=O) groups excluding carboxylic acids is 3. The molecule has 0 aromatic rings. The van der Waals surface area contributed by atoms with Crippen molar-refractivity contribution >= 4 is 34.0 Å². The molecule has 0 saturated carbocycles. The predicted octanol–water partition coefficient (Wildman–Crippen LogP) is -0.317. The highest BCUT2D eigenvalue weighted by Gasteiger charge is 2.36. The van der Waals surface area contributed by atoms with Crippen LogP contribution in [0.25, 0.3) is 0 Å². The molecule has 1 atom stereocenters. The molecule has 0 bridgehead atoms. The molecule has 15 heavy (non-hydrogen) atoms. The lowest BCUT2D eigenvalue weighted by molar-refractivity contribution is -0.134. The summed E-state index contributed by atoms with van der Waals surface area (Å²) in [5.41, 5.74) is 0. The zero-order chi connectivity index (χ0) is 11.6. The van der Waals surface area contributed by atoms with Crippen LogP contribution in [-0.4, -0.2) is 38.1 Å². The molecule has 1 unspecified atom stereocenters. The topological polar surface area (TPSA) is 91.8 Å². The summed E-state index contributed by atoms with van der Waals surface area (Å²) in [4.78, 5) is 44.3. The average Bonchev–Trinajstić information content (AvgIpc) is 2.42. The van der Waals surface area contributed by atoms with Gasteiger partial charge in [0.05, 0.1) is 5.75 Å². The number of thiol groups is 1. The zero-order valence-electron chi connectivity index (χ0n) is 8.10. The van der Waals surface area contributed by atoms with Crippen LogP contribution in [0.5, 0.6) is 0 Å². The van der Waals surface area contributed by atoms with E-state index in [2.05, 4.69) is 0 Å². The minimum absolute atomic E-state index is 0.0740. The standard InChI is InChI=1S/C8H11NO5S/c1-5(10)15(4-8(13)14)9-6(11)2-3-7(9)12/h15H,2-4H2,1H3,(H,13,14). The van der Waals surface area contributed by atoms with Crippen LogP contribution in [0.1, 0.15) is 19.8 Å². The van der Waals surface area contributed by atoms with Gasteiger partial charge in [-0.3, -0.25) is 19.2 Å². The van der Waals surface area contributed by atoms with Crippen LogP contribution in [0, 0.1) is 0 Å². The lowest BCUT2D eigenvalue weighted by Gasteiger charge is -2.25. The maximum atomic E-state index is 11.3. The Bertz CT molecular complexity index is 324. The fourth-order valence-electron chi connectivity index (χ4n) is 1.29. The molecule has 1 aliphatic rings. The van der Waals surface area contributed by atoms with Gasteiger partial charge in [-0.1, -0.05) is 11.1 Å². The van der Waals surface area contributed by atoms with Gasteiger partial charge < -0.3 is 5.11 Å². The molecule has 1 fully saturated rings. The van der Waals surface area contributed by atoms with Crippen molar-refractivity contribution in [2.45, 2.75) is 19.8 Å². The maximum absolute atomic E-state index is 11.3. The maximum Gasteiger partial charge on any atom is 0.313 e. The van der Waals surface area contributed by atoms with Crippen molar-refractivity contribution in [1.82, 2.24) is 4.31 Å². The monoisotopic (exact) mass is 233 g/mol. The van der Waals surface area contributed by atoms with Gasteiger partial charge in [0.1, 0.15) is 0 Å². The summed E-state index contributed by atoms with van der Waals surface area (Å²) >= 11 is -1.84. The molecule has 2 amide bonds. The van der Waals surface area contributed by atoms with E-state index in [0.717, 1.165) is 4.31 Å². The number of rotatable bonds is 3. The van der Waals surface area contributed by atoms with Gasteiger partial charge in [0.15, 0.2) is 5.12 Å². The van der Waals surface area contributed by atoms with Crippen molar-refractivity contribution in [1.29, 1.82) is 0 Å². The van der Waals surface area contributed by atoms with Crippen molar-refractivity contribution in [3.8, 4) is 0 Å². The summed E-state index contributed by atoms with van der Waals surface area (Å²) < 4.78 is 0.839. The highest BCUT2D eigenvalue weighted by Crippen LogP contribution is 2.35. The number of nitrogens with zero attached hydrogens (tertiary/aromatic N) is 1. The summed E-state index contributed by atoms with van der Waals surface area (Å²) in [5.74, 6) is -2.52. The number of amides is 2. The molecule has 0 aromatic heterocycles. The molecule has 6 nitrogen and oxygen atoms in total. The molecule has 1 aliphatic heterocycles. The van der Waals surface area contributed by atoms with E-state index in [1.807, 2.05) is 0 Å². The van der Waals surface area contributed by atoms with Crippen LogP contribution in [-0.2, 0) is 19.2 Å². The van der Waals surface area contributed by atoms with Gasteiger partial charge in [0.2, 0.25) is 11.8 Å². The van der Waals surface area contributed by atoms with Crippen molar-refractivity contribution in [2.75, 3.05) is 5.75 Å². The first-order chi connectivity index (χ1) is 6.93. The second-order valence-electron chi connectivity index (χ2n) is 3.07. The van der Waals surface area contributed by atoms with Gasteiger partial charge in [0, 0.05) is 19.8 Å². The minimum atomic E-state index is -1.84. The van der Waals surface area contributed by atoms with E-state index in [4.69, 9.17) is 5.11 Å². The van der Waals surface area contributed by atoms with Crippen LogP contribution in [0.3, 0.4) is 0 Å². The summed E-state index contributed by atoms with van der Waals surface area (Å²) in [7, 11) is 0. The molecular formula is C8H11NO5S. The van der Waals surface area contributed by atoms with E-state index in [1.54, 1.807) is 0 Å². The number of carbonyl (C=O) groups is 4. The van der Waals surface area contributed by atoms with Crippen LogP contribution < -0.4 is 0 Å². The Balaban J connectivity index is 2.88. The largest absolute Gasteiger partial charge is 0.481 e. The molecule has 0 radical (unpaired) electrons. The van der Waals surface area contributed by atoms with Crippen LogP contribution in [0.4, 0.5) is 0 Å². The molecule has 0 aliphatic carbocycles. The lowest BCUT2D eigenvalue weighted by Crippen LogP contribution is -2.31. The molecule has 0 spiro atoms. The Labute approximate surface area is 88.7 Å². The van der Waals surface area contributed by atoms with Crippen molar-refractivity contribution in [3.05, 3.63) is 0 Å². The SMILES string of the molecule is CC(=O)[SH](CC(=O)O)N1C(=O)CCC1=O. The van der Waals surface area contributed by atoms with E-state index in [9.17, 15) is 19.2 Å². The van der Waals surface area contributed by atoms with Gasteiger partial charge in [-0.15, -0.1) is 0 Å². The molecule has 7 heteroatoms. The second kappa shape index (κ2) is 4.43. The number of aliphatic carboxylic acids is 1. The van der Waals surface area contributed by atoms with E-state index < -0.39 is 39.7 Å². The Kier molecular flexibility index (Phi) is 3.46. The van der Waals surface area contributed by atoms with Crippen LogP contribution >= 0.6 is 11.1 Å². The number of hydrogen-bond donors (Lipinski definition) is 2. The quantitative estimate of drug-likeness (QED) is 0.515. The molecular weight excluding hydrogens is 222 g/mol. The average molecular weight is 233 g/mol. The van der Waals surface area contributed by atoms with Crippen LogP contribution in [0.15, 0.2) is 0 Å². The normalized spacial score (nSPS) is 19.3. The third kappa shape index (κ3) is 2.56. The third-order valence-electron chi connectivity index (χ3n) is 1.92. The Morgan fingerprint density at radius 3 is 2.13 bits per heavy atom. The first kappa shape index (κ1) is 11.7. The Hall–Kier alpha value is -1.37. The third-order valence-corrected chi connectivity index (χ3v) is 4.14. The van der Waals surface area contributed by atoms with Gasteiger partial charge in [-0.2, -0.15) is 0 Å². The summed E-state index contributed by atoms with van der Waals surface area (Å²) in [6, 6.07) is 0. The summed E-state index contributed by atoms with van der Waals surface area (Å²) in [6.07, 6.45) is 0.148. The number of imide groups is 1. The second-order valence-corrected chi connectivity index (χ2v) is 5.21. The summed E-state index contributed by atoms with van der Waals surface area (Å²) in [5, 5.41) is 8.16. The lowest BCUT2D eigenvalue weighted by atomic mass is 10.4. The van der Waals surface area contributed by atoms with Crippen molar-refractivity contribution in [3.63, 3.8) is 0 Å². The fraction of sp³-hybridized carbons (Fsp3) is 0.500. The van der Waals surface area contributed by atoms with Gasteiger partial charge >= 0.3 is 5.97 Å². The fourth-order valence-corrected chi connectivity index (χ4v) is 2.93. The number of carboxylic acid groups (broad SMARTS) is 1. The smallest absolute Gasteiger partial charge is 0.313 e. The predicted molar refractivity (Wildman–Crippen MR) is 53.3 cm³/mol. The first-order valence-corrected chi connectivity index (χ1v) is 5.77. The molecule has 1 saturated heterocycles. The first-order valence-electron chi connectivity index (χ1n) is 4.29. The minimum Gasteiger partial charge on any atom is -0.481 e. The summed E-state index contributed by atoms with van der Waals surface area (Å²) in [6.45, 7) is 1.20. The van der Waals surface area contributed by atoms with E-state index >= 15 is 0 Å². The van der Waals surface area contributed by atoms with Crippen LogP contribution in [0.2, 0.25) is 0 Å². The van der Waals surface area contributed by atoms with Crippen molar-refractivity contribution < 1.29 is 24.3 Å². The molecule has 1 rings (SSSR count). The van der Waals surface area contributed by atoms with E-state index in [0.29, 0.717) is 0 Å². The van der Waals surface area contributed by atoms with Crippen molar-refractivity contribution in [2.24, 2.45) is 0 Å². The van der Waals surface area contributed by atoms with Gasteiger partial charge in [0.25, 0.3) is 0 Å². The number of hydrogen-bond acceptors (Lipinski definition) is 4. The highest BCUT2D eigenvalue weighted by atomic mass is 32.2. The highest BCUT2D eigenvalue weighted by molar-refractivity contribution is 8.29. The molecule has 0 aromatic carbocycles. The zero-order valence-corrected chi connectivity index (χ0v) is 8.99.